The van der Waals surface area contributed by atoms with E-state index < -0.39 is 15.6 Å². The fraction of sp³-hybridized carbons (Fsp3) is 0.273. The van der Waals surface area contributed by atoms with Crippen LogP contribution in [0.15, 0.2) is 30.3 Å². The van der Waals surface area contributed by atoms with Crippen molar-refractivity contribution in [2.45, 2.75) is 18.3 Å². The third-order valence-electron chi connectivity index (χ3n) is 2.23. The molecule has 0 aliphatic heterocycles. The monoisotopic (exact) mass is 280 g/mol. The van der Waals surface area contributed by atoms with Crippen LogP contribution < -0.4 is 0 Å². The molecule has 1 aromatic rings. The summed E-state index contributed by atoms with van der Waals surface area (Å²) in [4.78, 5) is 0. The Hall–Kier alpha value is -1.34. The Balaban J connectivity index is 0.000000187. The van der Waals surface area contributed by atoms with Crippen molar-refractivity contribution < 1.29 is 26.1 Å². The van der Waals surface area contributed by atoms with Gasteiger partial charge in [-0.15, -0.1) is 0 Å². The van der Waals surface area contributed by atoms with Gasteiger partial charge in [0.05, 0.1) is 0 Å². The van der Waals surface area contributed by atoms with Crippen LogP contribution in [0.1, 0.15) is 17.5 Å². The first-order valence-electron chi connectivity index (χ1n) is 5.00. The molecular weight excluding hydrogens is 269 g/mol. The third-order valence-corrected chi connectivity index (χ3v) is 2.81. The van der Waals surface area contributed by atoms with Gasteiger partial charge in [-0.2, -0.15) is 21.6 Å². The summed E-state index contributed by atoms with van der Waals surface area (Å²) in [5.41, 5.74) is -2.65. The Kier molecular flexibility index (Phi) is 4.53. The molecule has 0 heterocycles. The molecule has 1 N–H and O–H groups in total. The Morgan fingerprint density at radius 1 is 1.17 bits per heavy atom. The number of halogens is 3. The van der Waals surface area contributed by atoms with Crippen molar-refractivity contribution in [1.29, 1.82) is 0 Å². The number of rotatable bonds is 0. The molecule has 3 nitrogen and oxygen atoms in total. The van der Waals surface area contributed by atoms with Gasteiger partial charge in [0.1, 0.15) is 0 Å². The van der Waals surface area contributed by atoms with Crippen molar-refractivity contribution in [2.75, 3.05) is 0 Å². The topological polar surface area (TPSA) is 54.4 Å². The molecule has 0 unspecified atom stereocenters. The molecule has 0 aromatic heterocycles. The van der Waals surface area contributed by atoms with Crippen LogP contribution >= 0.6 is 0 Å². The van der Waals surface area contributed by atoms with Crippen LogP contribution in [0.2, 0.25) is 0 Å². The molecule has 0 saturated heterocycles. The summed E-state index contributed by atoms with van der Waals surface area (Å²) in [6.45, 7) is 0. The fourth-order valence-corrected chi connectivity index (χ4v) is 1.37. The molecular formula is C11H11F3O3S. The summed E-state index contributed by atoms with van der Waals surface area (Å²) in [6.07, 6.45) is 6.87. The summed E-state index contributed by atoms with van der Waals surface area (Å²) >= 11 is 0. The molecule has 0 amide bonds. The molecule has 7 heteroatoms. The smallest absolute Gasteiger partial charge is 0.279 e. The quantitative estimate of drug-likeness (QED) is 0.587. The zero-order valence-electron chi connectivity index (χ0n) is 9.18. The Morgan fingerprint density at radius 3 is 2.22 bits per heavy atom. The van der Waals surface area contributed by atoms with E-state index in [-0.39, 0.29) is 0 Å². The highest BCUT2D eigenvalue weighted by Crippen LogP contribution is 2.20. The zero-order chi connectivity index (χ0) is 13.8. The number of hydrogen-bond acceptors (Lipinski definition) is 2. The fourth-order valence-electron chi connectivity index (χ4n) is 1.37. The number of aryl methyl sites for hydroxylation is 1. The second-order valence-corrected chi connectivity index (χ2v) is 4.97. The molecule has 18 heavy (non-hydrogen) atoms. The lowest BCUT2D eigenvalue weighted by Gasteiger charge is -2.07. The van der Waals surface area contributed by atoms with Gasteiger partial charge >= 0.3 is 15.6 Å². The third kappa shape index (κ3) is 4.15. The summed E-state index contributed by atoms with van der Waals surface area (Å²) in [6, 6.07) is 8.58. The maximum absolute atomic E-state index is 10.7. The van der Waals surface area contributed by atoms with E-state index in [2.05, 4.69) is 36.4 Å². The van der Waals surface area contributed by atoms with E-state index in [4.69, 9.17) is 13.0 Å². The van der Waals surface area contributed by atoms with Gasteiger partial charge in [-0.3, -0.25) is 4.55 Å². The minimum Gasteiger partial charge on any atom is -0.279 e. The first kappa shape index (κ1) is 14.7. The molecule has 2 rings (SSSR count). The normalized spacial score (nSPS) is 14.4. The maximum atomic E-state index is 10.7. The molecule has 0 atom stereocenters. The van der Waals surface area contributed by atoms with Gasteiger partial charge in [0.15, 0.2) is 0 Å². The predicted octanol–water partition coefficient (Wildman–Crippen LogP) is 3.04. The van der Waals surface area contributed by atoms with Gasteiger partial charge in [-0.25, -0.2) is 0 Å². The van der Waals surface area contributed by atoms with Crippen molar-refractivity contribution in [3.05, 3.63) is 41.5 Å². The van der Waals surface area contributed by atoms with Crippen LogP contribution in [0.3, 0.4) is 0 Å². The molecule has 0 spiro atoms. The van der Waals surface area contributed by atoms with Crippen molar-refractivity contribution in [3.63, 3.8) is 0 Å². The minimum atomic E-state index is -5.84. The molecule has 100 valence electrons. The van der Waals surface area contributed by atoms with Crippen molar-refractivity contribution >= 4 is 16.2 Å². The van der Waals surface area contributed by atoms with Gasteiger partial charge in [-0.05, 0) is 24.0 Å². The maximum Gasteiger partial charge on any atom is 0.522 e. The second kappa shape index (κ2) is 5.53. The number of hydrogen-bond donors (Lipinski definition) is 1. The number of benzene rings is 1. The first-order chi connectivity index (χ1) is 8.22. The average Bonchev–Trinajstić information content (AvgIpc) is 2.27. The van der Waals surface area contributed by atoms with Crippen LogP contribution in [0.4, 0.5) is 13.2 Å². The first-order valence-corrected chi connectivity index (χ1v) is 6.44. The zero-order valence-corrected chi connectivity index (χ0v) is 10.0. The molecule has 0 saturated carbocycles. The number of allylic oxidation sites excluding steroid dienone is 1. The second-order valence-electron chi connectivity index (χ2n) is 3.56. The predicted molar refractivity (Wildman–Crippen MR) is 61.4 cm³/mol. The Bertz CT molecular complexity index is 533. The van der Waals surface area contributed by atoms with Crippen LogP contribution in [0.5, 0.6) is 0 Å². The summed E-state index contributed by atoms with van der Waals surface area (Å²) in [7, 11) is -5.84. The molecule has 0 bridgehead atoms. The number of fused-ring (bicyclic) bond motifs is 1. The molecule has 0 radical (unpaired) electrons. The lowest BCUT2D eigenvalue weighted by molar-refractivity contribution is -0.0510. The van der Waals surface area contributed by atoms with Gasteiger partial charge in [0.2, 0.25) is 0 Å². The van der Waals surface area contributed by atoms with E-state index >= 15 is 0 Å². The van der Waals surface area contributed by atoms with Crippen molar-refractivity contribution in [3.8, 4) is 0 Å². The van der Waals surface area contributed by atoms with Crippen LogP contribution in [-0.2, 0) is 16.5 Å². The highest BCUT2D eigenvalue weighted by molar-refractivity contribution is 7.86. The van der Waals surface area contributed by atoms with Crippen LogP contribution in [-0.4, -0.2) is 18.5 Å². The summed E-state index contributed by atoms with van der Waals surface area (Å²) in [5, 5.41) is 0. The van der Waals surface area contributed by atoms with E-state index in [0.29, 0.717) is 0 Å². The largest absolute Gasteiger partial charge is 0.522 e. The van der Waals surface area contributed by atoms with Gasteiger partial charge < -0.3 is 0 Å². The van der Waals surface area contributed by atoms with E-state index in [0.717, 1.165) is 0 Å². The molecule has 0 fully saturated rings. The lowest BCUT2D eigenvalue weighted by Crippen LogP contribution is -2.21. The van der Waals surface area contributed by atoms with Crippen LogP contribution in [0.25, 0.3) is 6.08 Å². The van der Waals surface area contributed by atoms with Gasteiger partial charge in [0, 0.05) is 0 Å². The van der Waals surface area contributed by atoms with Crippen LogP contribution in [0, 0.1) is 0 Å². The number of alkyl halides is 3. The molecule has 1 aromatic carbocycles. The van der Waals surface area contributed by atoms with Gasteiger partial charge in [0.25, 0.3) is 0 Å². The highest BCUT2D eigenvalue weighted by atomic mass is 32.2. The molecule has 1 aliphatic carbocycles. The van der Waals surface area contributed by atoms with E-state index in [9.17, 15) is 13.2 Å². The molecule has 1 aliphatic rings. The lowest BCUT2D eigenvalue weighted by atomic mass is 9.98. The highest BCUT2D eigenvalue weighted by Gasteiger charge is 2.44. The van der Waals surface area contributed by atoms with Gasteiger partial charge in [-0.1, -0.05) is 36.4 Å². The summed E-state index contributed by atoms with van der Waals surface area (Å²) < 4.78 is 57.5. The van der Waals surface area contributed by atoms with Crippen molar-refractivity contribution in [1.82, 2.24) is 0 Å². The van der Waals surface area contributed by atoms with E-state index in [1.807, 2.05) is 0 Å². The van der Waals surface area contributed by atoms with Crippen molar-refractivity contribution in [2.24, 2.45) is 0 Å². The Morgan fingerprint density at radius 2 is 1.72 bits per heavy atom. The minimum absolute atomic E-state index is 1.21. The Labute approximate surface area is 103 Å². The SMILES string of the molecule is C1=Cc2ccccc2CC1.O=S(=O)(O)C(F)(F)F. The van der Waals surface area contributed by atoms with E-state index in [1.54, 1.807) is 0 Å². The average molecular weight is 280 g/mol. The standard InChI is InChI=1S/C10H10.CHF3O3S/c1-2-6-10-8-4-3-7-9(10)5-1;2-1(3,4)8(5,6)7/h1-3,5-7H,4,8H2;(H,5,6,7). The summed E-state index contributed by atoms with van der Waals surface area (Å²) in [5.74, 6) is 0. The van der Waals surface area contributed by atoms with E-state index in [1.165, 1.54) is 24.0 Å².